The van der Waals surface area contributed by atoms with Gasteiger partial charge in [0.2, 0.25) is 0 Å². The van der Waals surface area contributed by atoms with Crippen LogP contribution in [0.1, 0.15) is 42.3 Å². The van der Waals surface area contributed by atoms with Gasteiger partial charge in [-0.3, -0.25) is 0 Å². The first-order valence-electron chi connectivity index (χ1n) is 12.0. The molecule has 3 aromatic rings. The van der Waals surface area contributed by atoms with E-state index in [1.54, 1.807) is 0 Å². The fraction of sp³-hybridized carbons (Fsp3) is 0.321. The molecule has 0 bridgehead atoms. The third-order valence-electron chi connectivity index (χ3n) is 6.90. The predicted molar refractivity (Wildman–Crippen MR) is 151 cm³/mol. The molecule has 0 fully saturated rings. The number of nitrogens with one attached hydrogen (secondary N) is 1. The van der Waals surface area contributed by atoms with Gasteiger partial charge in [0.15, 0.2) is 0 Å². The molecular weight excluding hydrogens is 638 g/mol. The van der Waals surface area contributed by atoms with E-state index in [9.17, 15) is 31.1 Å². The molecule has 38 heavy (non-hydrogen) atoms. The topological polar surface area (TPSA) is 29.1 Å². The number of amides is 1. The Hall–Kier alpha value is -2.13. The Bertz CT molecular complexity index is 1190. The van der Waals surface area contributed by atoms with Crippen LogP contribution in [0.25, 0.3) is 0 Å². The average Bonchev–Trinajstić information content (AvgIpc) is 2.88. The molecule has 206 valence electrons. The number of hydrogen-bond acceptors (Lipinski definition) is 1. The molecule has 0 aromatic heterocycles. The molecule has 0 heterocycles. The van der Waals surface area contributed by atoms with Gasteiger partial charge in [0.25, 0.3) is 0 Å². The molecule has 0 aliphatic carbocycles. The van der Waals surface area contributed by atoms with Crippen molar-refractivity contribution < 1.29 is 31.1 Å². The Morgan fingerprint density at radius 1 is 0.816 bits per heavy atom. The van der Waals surface area contributed by atoms with E-state index in [4.69, 9.17) is 0 Å². The zero-order valence-corrected chi connectivity index (χ0v) is 24.1. The van der Waals surface area contributed by atoms with Gasteiger partial charge in [-0.25, -0.2) is 0 Å². The number of alkyl halides is 6. The maximum atomic E-state index is 13.4. The summed E-state index contributed by atoms with van der Waals surface area (Å²) in [5, 5.41) is 5.00. The van der Waals surface area contributed by atoms with Crippen molar-refractivity contribution in [2.45, 2.75) is 39.2 Å². The number of benzene rings is 3. The molecule has 0 aliphatic rings. The SMILES string of the molecule is CCP(I)(C[C@@H](NC(=O)c1cc(C(F)(F)F)cc(C(F)(F)F)c1)C(C)C)(c1ccccc1)c1ccccc1. The molecule has 0 spiro atoms. The quantitative estimate of drug-likeness (QED) is 0.147. The first-order valence-corrected chi connectivity index (χ1v) is 17.4. The second kappa shape index (κ2) is 11.2. The van der Waals surface area contributed by atoms with E-state index in [-0.39, 0.29) is 12.0 Å². The first kappa shape index (κ1) is 30.4. The molecule has 1 amide bonds. The van der Waals surface area contributed by atoms with Gasteiger partial charge in [-0.1, -0.05) is 0 Å². The van der Waals surface area contributed by atoms with Crippen LogP contribution >= 0.6 is 26.3 Å². The van der Waals surface area contributed by atoms with E-state index in [0.717, 1.165) is 16.8 Å². The van der Waals surface area contributed by atoms with Gasteiger partial charge in [0, 0.05) is 0 Å². The third kappa shape index (κ3) is 6.36. The molecule has 0 saturated carbocycles. The van der Waals surface area contributed by atoms with Crippen LogP contribution in [0.5, 0.6) is 0 Å². The molecule has 0 radical (unpaired) electrons. The molecular formula is C28H29F6INOP. The summed E-state index contributed by atoms with van der Waals surface area (Å²) in [5.74, 6) is -1.12. The molecule has 2 nitrogen and oxygen atoms in total. The number of hydrogen-bond donors (Lipinski definition) is 1. The Morgan fingerprint density at radius 2 is 1.24 bits per heavy atom. The maximum absolute atomic E-state index is 13.4. The summed E-state index contributed by atoms with van der Waals surface area (Å²) in [6, 6.07) is 20.2. The van der Waals surface area contributed by atoms with Gasteiger partial charge in [-0.15, -0.1) is 0 Å². The summed E-state index contributed by atoms with van der Waals surface area (Å²) < 4.78 is 77.3. The molecule has 3 rings (SSSR count). The Morgan fingerprint density at radius 3 is 1.58 bits per heavy atom. The Balaban J connectivity index is 2.09. The monoisotopic (exact) mass is 667 g/mol. The summed E-state index contributed by atoms with van der Waals surface area (Å²) in [7, 11) is 0. The second-order valence-corrected chi connectivity index (χ2v) is 21.4. The van der Waals surface area contributed by atoms with E-state index in [1.807, 2.05) is 74.5 Å². The molecule has 1 N–H and O–H groups in total. The van der Waals surface area contributed by atoms with E-state index >= 15 is 0 Å². The van der Waals surface area contributed by atoms with Crippen LogP contribution in [0.2, 0.25) is 0 Å². The van der Waals surface area contributed by atoms with Crippen molar-refractivity contribution in [3.8, 4) is 0 Å². The van der Waals surface area contributed by atoms with Crippen molar-refractivity contribution in [2.75, 3.05) is 12.3 Å². The van der Waals surface area contributed by atoms with Crippen LogP contribution in [0.4, 0.5) is 26.3 Å². The molecule has 0 unspecified atom stereocenters. The van der Waals surface area contributed by atoms with Crippen molar-refractivity contribution in [2.24, 2.45) is 5.92 Å². The molecule has 1 atom stereocenters. The normalized spacial score (nSPS) is 14.6. The number of carbonyl (C=O) groups is 1. The number of carbonyl (C=O) groups excluding carboxylic acids is 1. The van der Waals surface area contributed by atoms with Crippen LogP contribution in [0, 0.1) is 5.92 Å². The van der Waals surface area contributed by atoms with Crippen LogP contribution in [-0.2, 0) is 12.4 Å². The van der Waals surface area contributed by atoms with Crippen molar-refractivity contribution in [3.05, 3.63) is 95.6 Å². The van der Waals surface area contributed by atoms with E-state index in [1.165, 1.54) is 0 Å². The zero-order chi connectivity index (χ0) is 28.4. The summed E-state index contributed by atoms with van der Waals surface area (Å²) in [5.41, 5.74) is -3.72. The van der Waals surface area contributed by atoms with Crippen molar-refractivity contribution in [1.29, 1.82) is 0 Å². The molecule has 3 aromatic carbocycles. The van der Waals surface area contributed by atoms with Crippen molar-refractivity contribution in [1.82, 2.24) is 5.32 Å². The fourth-order valence-electron chi connectivity index (χ4n) is 4.56. The van der Waals surface area contributed by atoms with Crippen LogP contribution in [0.15, 0.2) is 78.9 Å². The van der Waals surface area contributed by atoms with Gasteiger partial charge in [0.05, 0.1) is 0 Å². The first-order chi connectivity index (χ1) is 17.6. The van der Waals surface area contributed by atoms with Gasteiger partial charge in [0.1, 0.15) is 0 Å². The van der Waals surface area contributed by atoms with Gasteiger partial charge >= 0.3 is 232 Å². The number of rotatable bonds is 8. The van der Waals surface area contributed by atoms with Gasteiger partial charge < -0.3 is 0 Å². The Labute approximate surface area is 231 Å². The van der Waals surface area contributed by atoms with E-state index in [0.29, 0.717) is 18.3 Å². The minimum atomic E-state index is -5.04. The minimum absolute atomic E-state index is 0.0238. The Kier molecular flexibility index (Phi) is 8.93. The van der Waals surface area contributed by atoms with Crippen LogP contribution < -0.4 is 15.9 Å². The molecule has 0 saturated heterocycles. The van der Waals surface area contributed by atoms with Crippen molar-refractivity contribution >= 4 is 42.8 Å². The number of halogens is 7. The fourth-order valence-corrected chi connectivity index (χ4v) is 12.5. The molecule has 0 aliphatic heterocycles. The average molecular weight is 667 g/mol. The van der Waals surface area contributed by atoms with Crippen LogP contribution in [0.3, 0.4) is 0 Å². The second-order valence-electron chi connectivity index (χ2n) is 9.66. The molecule has 10 heteroatoms. The van der Waals surface area contributed by atoms with E-state index in [2.05, 4.69) is 34.3 Å². The van der Waals surface area contributed by atoms with Crippen molar-refractivity contribution in [3.63, 3.8) is 0 Å². The zero-order valence-electron chi connectivity index (χ0n) is 21.1. The van der Waals surface area contributed by atoms with Gasteiger partial charge in [-0.05, 0) is 0 Å². The predicted octanol–water partition coefficient (Wildman–Crippen LogP) is 8.05. The van der Waals surface area contributed by atoms with Crippen LogP contribution in [-0.4, -0.2) is 24.3 Å². The summed E-state index contributed by atoms with van der Waals surface area (Å²) in [6.07, 6.45) is -8.86. The summed E-state index contributed by atoms with van der Waals surface area (Å²) in [4.78, 5) is 13.2. The summed E-state index contributed by atoms with van der Waals surface area (Å²) in [6.45, 7) is 5.83. The van der Waals surface area contributed by atoms with Gasteiger partial charge in [-0.2, -0.15) is 0 Å². The third-order valence-corrected chi connectivity index (χ3v) is 18.9. The van der Waals surface area contributed by atoms with E-state index < -0.39 is 45.2 Å². The summed E-state index contributed by atoms with van der Waals surface area (Å²) >= 11 is 2.53. The standard InChI is InChI=1S/C28H29F6INOP/c1-4-38(35,23-11-7-5-8-12-23,24-13-9-6-10-14-24)18-25(19(2)3)36-26(37)20-15-21(27(29,30)31)17-22(16-20)28(32,33)34/h5-17,19,25H,4,18H2,1-3H3,(H,36,37)/t25-/m1/s1.